The lowest BCUT2D eigenvalue weighted by Gasteiger charge is -2.06. The lowest BCUT2D eigenvalue weighted by atomic mass is 10.4. The Morgan fingerprint density at radius 3 is 2.64 bits per heavy atom. The van der Waals surface area contributed by atoms with Gasteiger partial charge < -0.3 is 0 Å². The summed E-state index contributed by atoms with van der Waals surface area (Å²) in [6.07, 6.45) is 5.86. The number of halogens is 1. The van der Waals surface area contributed by atoms with Crippen LogP contribution in [0.4, 0.5) is 5.69 Å². The summed E-state index contributed by atoms with van der Waals surface area (Å²) < 4.78 is 1.48. The van der Waals surface area contributed by atoms with E-state index in [-0.39, 0.29) is 16.5 Å². The number of nitro groups is 1. The molecule has 2 heterocycles. The van der Waals surface area contributed by atoms with Crippen molar-refractivity contribution < 1.29 is 4.92 Å². The van der Waals surface area contributed by atoms with Crippen LogP contribution in [0, 0.1) is 10.1 Å². The minimum atomic E-state index is -0.492. The van der Waals surface area contributed by atoms with Gasteiger partial charge in [0.1, 0.15) is 12.7 Å². The minimum absolute atomic E-state index is 0.166. The molecule has 0 aliphatic carbocycles. The highest BCUT2D eigenvalue weighted by molar-refractivity contribution is 7.99. The van der Waals surface area contributed by atoms with E-state index in [0.29, 0.717) is 5.02 Å². The molecule has 0 N–H and O–H groups in total. The fraction of sp³-hybridized carbons (Fsp3) is 0. The van der Waals surface area contributed by atoms with Crippen molar-refractivity contribution in [3.63, 3.8) is 0 Å². The van der Waals surface area contributed by atoms with E-state index >= 15 is 0 Å². The van der Waals surface area contributed by atoms with Crippen LogP contribution in [0.5, 0.6) is 0 Å². The molecule has 0 saturated heterocycles. The summed E-state index contributed by atoms with van der Waals surface area (Å²) in [5.74, 6) is 0.175. The van der Waals surface area contributed by atoms with E-state index in [0.717, 1.165) is 4.90 Å². The van der Waals surface area contributed by atoms with Gasteiger partial charge in [0, 0.05) is 22.3 Å². The Morgan fingerprint density at radius 2 is 2.00 bits per heavy atom. The zero-order valence-electron chi connectivity index (χ0n) is 11.0. The molecule has 0 fully saturated rings. The van der Waals surface area contributed by atoms with Crippen molar-refractivity contribution in [3.8, 4) is 5.82 Å². The Morgan fingerprint density at radius 1 is 1.23 bits per heavy atom. The van der Waals surface area contributed by atoms with Crippen LogP contribution in [0.25, 0.3) is 5.82 Å². The summed E-state index contributed by atoms with van der Waals surface area (Å²) in [5, 5.41) is 12.3. The van der Waals surface area contributed by atoms with Gasteiger partial charge >= 0.3 is 5.69 Å². The molecule has 9 heteroatoms. The second-order valence-electron chi connectivity index (χ2n) is 4.13. The topological polar surface area (TPSA) is 86.7 Å². The molecule has 0 spiro atoms. The largest absolute Gasteiger partial charge is 0.344 e. The Balaban J connectivity index is 2.06. The van der Waals surface area contributed by atoms with Gasteiger partial charge in [-0.05, 0) is 24.3 Å². The number of rotatable bonds is 4. The van der Waals surface area contributed by atoms with Crippen molar-refractivity contribution >= 4 is 29.1 Å². The summed E-state index contributed by atoms with van der Waals surface area (Å²) >= 11 is 7.01. The van der Waals surface area contributed by atoms with Gasteiger partial charge in [0.05, 0.1) is 4.92 Å². The molecule has 0 saturated carbocycles. The van der Waals surface area contributed by atoms with Crippen LogP contribution in [-0.4, -0.2) is 24.4 Å². The molecule has 2 aromatic heterocycles. The zero-order chi connectivity index (χ0) is 15.5. The molecule has 0 bridgehead atoms. The van der Waals surface area contributed by atoms with Crippen molar-refractivity contribution in [2.24, 2.45) is 0 Å². The number of imidazole rings is 1. The highest BCUT2D eigenvalue weighted by Crippen LogP contribution is 2.35. The maximum Gasteiger partial charge on any atom is 0.344 e. The smallest absolute Gasteiger partial charge is 0.285 e. The second-order valence-corrected chi connectivity index (χ2v) is 5.63. The molecule has 0 radical (unpaired) electrons. The first-order valence-electron chi connectivity index (χ1n) is 6.06. The fourth-order valence-electron chi connectivity index (χ4n) is 1.78. The number of hydrogen-bond acceptors (Lipinski definition) is 6. The Bertz CT molecular complexity index is 808. The molecule has 0 atom stereocenters. The molecular weight excluding hydrogens is 326 g/mol. The monoisotopic (exact) mass is 333 g/mol. The molecule has 3 aromatic rings. The molecule has 0 aliphatic rings. The Kier molecular flexibility index (Phi) is 4.03. The average Bonchev–Trinajstić information content (AvgIpc) is 3.03. The highest BCUT2D eigenvalue weighted by Gasteiger charge is 2.24. The van der Waals surface area contributed by atoms with E-state index < -0.39 is 4.92 Å². The normalized spacial score (nSPS) is 10.6. The predicted molar refractivity (Wildman–Crippen MR) is 81.4 cm³/mol. The van der Waals surface area contributed by atoms with Gasteiger partial charge in [-0.3, -0.25) is 14.7 Å². The fourth-order valence-corrected chi connectivity index (χ4v) is 2.76. The average molecular weight is 334 g/mol. The van der Waals surface area contributed by atoms with Crippen LogP contribution in [-0.2, 0) is 0 Å². The maximum atomic E-state index is 11.4. The van der Waals surface area contributed by atoms with E-state index in [4.69, 9.17) is 11.6 Å². The van der Waals surface area contributed by atoms with Gasteiger partial charge in [-0.15, -0.1) is 0 Å². The third kappa shape index (κ3) is 2.92. The number of nitrogens with zero attached hydrogens (tertiary/aromatic N) is 5. The summed E-state index contributed by atoms with van der Waals surface area (Å²) in [5.41, 5.74) is -0.166. The van der Waals surface area contributed by atoms with Crippen LogP contribution in [0.15, 0.2) is 59.2 Å². The predicted octanol–water partition coefficient (Wildman–Crippen LogP) is 3.38. The van der Waals surface area contributed by atoms with Gasteiger partial charge in [0.15, 0.2) is 5.03 Å². The molecule has 0 aliphatic heterocycles. The second kappa shape index (κ2) is 6.12. The van der Waals surface area contributed by atoms with Gasteiger partial charge in [-0.1, -0.05) is 23.4 Å². The Labute approximate surface area is 134 Å². The van der Waals surface area contributed by atoms with Gasteiger partial charge in [-0.2, -0.15) is 0 Å². The van der Waals surface area contributed by atoms with Gasteiger partial charge in [-0.25, -0.2) is 15.0 Å². The van der Waals surface area contributed by atoms with E-state index in [1.165, 1.54) is 35.2 Å². The number of aromatic nitrogens is 4. The van der Waals surface area contributed by atoms with E-state index in [1.807, 2.05) is 0 Å². The van der Waals surface area contributed by atoms with Crippen LogP contribution in [0.1, 0.15) is 0 Å². The minimum Gasteiger partial charge on any atom is -0.285 e. The molecule has 0 amide bonds. The molecule has 110 valence electrons. The first-order valence-corrected chi connectivity index (χ1v) is 7.26. The first-order chi connectivity index (χ1) is 10.6. The lowest BCUT2D eigenvalue weighted by Crippen LogP contribution is -2.04. The van der Waals surface area contributed by atoms with Crippen molar-refractivity contribution in [3.05, 3.63) is 64.5 Å². The number of hydrogen-bond donors (Lipinski definition) is 0. The molecular formula is C13H8ClN5O2S. The summed E-state index contributed by atoms with van der Waals surface area (Å²) in [6, 6.07) is 6.98. The molecule has 22 heavy (non-hydrogen) atoms. The third-order valence-corrected chi connectivity index (χ3v) is 3.98. The number of benzene rings is 1. The summed E-state index contributed by atoms with van der Waals surface area (Å²) in [6.45, 7) is 0. The zero-order valence-corrected chi connectivity index (χ0v) is 12.5. The molecule has 1 aromatic carbocycles. The quantitative estimate of drug-likeness (QED) is 0.413. The first kappa shape index (κ1) is 14.5. The van der Waals surface area contributed by atoms with E-state index in [1.54, 1.807) is 30.5 Å². The summed E-state index contributed by atoms with van der Waals surface area (Å²) in [4.78, 5) is 23.6. The molecule has 3 rings (SSSR count). The van der Waals surface area contributed by atoms with Crippen LogP contribution in [0.3, 0.4) is 0 Å². The van der Waals surface area contributed by atoms with Crippen molar-refractivity contribution in [1.29, 1.82) is 0 Å². The van der Waals surface area contributed by atoms with Crippen molar-refractivity contribution in [2.75, 3.05) is 0 Å². The summed E-state index contributed by atoms with van der Waals surface area (Å²) in [7, 11) is 0. The molecule has 7 nitrogen and oxygen atoms in total. The maximum absolute atomic E-state index is 11.4. The Hall–Kier alpha value is -2.45. The van der Waals surface area contributed by atoms with E-state index in [9.17, 15) is 10.1 Å². The standard InChI is InChI=1S/C13H8ClN5O2S/c14-9-1-3-10(4-2-9)22-13-11(19(20)21)12(16-7-17-13)18-6-5-15-8-18/h1-8H. The third-order valence-electron chi connectivity index (χ3n) is 2.73. The van der Waals surface area contributed by atoms with Gasteiger partial charge in [0.2, 0.25) is 5.82 Å². The lowest BCUT2D eigenvalue weighted by molar-refractivity contribution is -0.388. The van der Waals surface area contributed by atoms with Gasteiger partial charge in [0.25, 0.3) is 0 Å². The van der Waals surface area contributed by atoms with Crippen LogP contribution >= 0.6 is 23.4 Å². The van der Waals surface area contributed by atoms with Crippen LogP contribution < -0.4 is 0 Å². The van der Waals surface area contributed by atoms with Crippen molar-refractivity contribution in [2.45, 2.75) is 9.92 Å². The SMILES string of the molecule is O=[N+]([O-])c1c(Sc2ccc(Cl)cc2)ncnc1-n1ccnc1. The van der Waals surface area contributed by atoms with Crippen LogP contribution in [0.2, 0.25) is 5.02 Å². The van der Waals surface area contributed by atoms with E-state index in [2.05, 4.69) is 15.0 Å². The van der Waals surface area contributed by atoms with Crippen molar-refractivity contribution in [1.82, 2.24) is 19.5 Å². The highest BCUT2D eigenvalue weighted by atomic mass is 35.5. The molecule has 0 unspecified atom stereocenters.